The molecule has 0 N–H and O–H groups in total. The van der Waals surface area contributed by atoms with E-state index in [1.54, 1.807) is 6.07 Å². The van der Waals surface area contributed by atoms with Gasteiger partial charge in [0.05, 0.1) is 4.90 Å². The number of aryl methyl sites for hydroxylation is 1. The van der Waals surface area contributed by atoms with E-state index in [1.807, 2.05) is 24.3 Å². The van der Waals surface area contributed by atoms with Gasteiger partial charge in [0.15, 0.2) is 0 Å². The first-order valence-electron chi connectivity index (χ1n) is 6.00. The van der Waals surface area contributed by atoms with E-state index < -0.39 is 10.1 Å². The third-order valence-electron chi connectivity index (χ3n) is 2.99. The summed E-state index contributed by atoms with van der Waals surface area (Å²) in [5, 5.41) is 1.31. The van der Waals surface area contributed by atoms with Crippen LogP contribution in [-0.4, -0.2) is 13.0 Å². The zero-order chi connectivity index (χ0) is 13.2. The van der Waals surface area contributed by atoms with Gasteiger partial charge in [-0.3, -0.25) is 0 Å². The predicted molar refractivity (Wildman–Crippen MR) is 70.5 cm³/mol. The minimum atomic E-state index is -4.42. The van der Waals surface area contributed by atoms with E-state index in [-0.39, 0.29) is 34.5 Å². The molecule has 0 saturated carbocycles. The van der Waals surface area contributed by atoms with Gasteiger partial charge in [-0.2, -0.15) is 0 Å². The first-order chi connectivity index (χ1) is 8.52. The van der Waals surface area contributed by atoms with Crippen molar-refractivity contribution in [3.8, 4) is 0 Å². The van der Waals surface area contributed by atoms with Crippen molar-refractivity contribution in [3.05, 3.63) is 42.0 Å². The van der Waals surface area contributed by atoms with E-state index in [2.05, 4.69) is 6.92 Å². The number of hydrogen-bond acceptors (Lipinski definition) is 3. The van der Waals surface area contributed by atoms with Crippen molar-refractivity contribution in [2.24, 2.45) is 0 Å². The van der Waals surface area contributed by atoms with Gasteiger partial charge in [-0.15, -0.1) is 0 Å². The second-order valence-electron chi connectivity index (χ2n) is 4.37. The van der Waals surface area contributed by atoms with E-state index in [4.69, 9.17) is 0 Å². The quantitative estimate of drug-likeness (QED) is 0.591. The SMILES string of the molecule is CCCCc1ccc2cccc(S(=O)(=O)[O-])c2c1.[Na+]. The van der Waals surface area contributed by atoms with Crippen LogP contribution in [0.4, 0.5) is 0 Å². The van der Waals surface area contributed by atoms with Crippen LogP contribution < -0.4 is 29.6 Å². The molecule has 0 spiro atoms. The molecule has 2 aromatic carbocycles. The average molecular weight is 286 g/mol. The molecule has 0 unspecified atom stereocenters. The van der Waals surface area contributed by atoms with E-state index in [0.717, 1.165) is 30.2 Å². The Labute approximate surface area is 136 Å². The summed E-state index contributed by atoms with van der Waals surface area (Å²) in [6.07, 6.45) is 3.04. The van der Waals surface area contributed by atoms with Crippen LogP contribution in [0.25, 0.3) is 10.8 Å². The summed E-state index contributed by atoms with van der Waals surface area (Å²) in [6.45, 7) is 2.11. The van der Waals surface area contributed by atoms with Gasteiger partial charge in [0.1, 0.15) is 10.1 Å². The van der Waals surface area contributed by atoms with Crippen molar-refractivity contribution in [2.75, 3.05) is 0 Å². The van der Waals surface area contributed by atoms with Crippen LogP contribution in [0, 0.1) is 0 Å². The first kappa shape index (κ1) is 16.7. The van der Waals surface area contributed by atoms with E-state index in [1.165, 1.54) is 6.07 Å². The van der Waals surface area contributed by atoms with E-state index >= 15 is 0 Å². The van der Waals surface area contributed by atoms with Gasteiger partial charge in [0, 0.05) is 0 Å². The molecule has 2 rings (SSSR count). The van der Waals surface area contributed by atoms with Crippen LogP contribution in [-0.2, 0) is 16.5 Å². The van der Waals surface area contributed by atoms with Gasteiger partial charge in [-0.1, -0.05) is 37.6 Å². The molecule has 0 heterocycles. The molecule has 0 saturated heterocycles. The summed E-state index contributed by atoms with van der Waals surface area (Å²) in [7, 11) is -4.42. The van der Waals surface area contributed by atoms with Crippen molar-refractivity contribution in [2.45, 2.75) is 31.1 Å². The molecule has 19 heavy (non-hydrogen) atoms. The zero-order valence-corrected chi connectivity index (χ0v) is 14.0. The monoisotopic (exact) mass is 286 g/mol. The first-order valence-corrected chi connectivity index (χ1v) is 7.41. The van der Waals surface area contributed by atoms with Crippen molar-refractivity contribution < 1.29 is 42.5 Å². The minimum Gasteiger partial charge on any atom is -0.744 e. The van der Waals surface area contributed by atoms with Gasteiger partial charge in [-0.05, 0) is 41.3 Å². The Hall–Kier alpha value is -0.390. The van der Waals surface area contributed by atoms with Crippen molar-refractivity contribution in [1.29, 1.82) is 0 Å². The molecule has 0 aliphatic carbocycles. The fraction of sp³-hybridized carbons (Fsp3) is 0.286. The second kappa shape index (κ2) is 6.86. The van der Waals surface area contributed by atoms with Crippen molar-refractivity contribution in [1.82, 2.24) is 0 Å². The third-order valence-corrected chi connectivity index (χ3v) is 3.89. The maximum atomic E-state index is 11.2. The van der Waals surface area contributed by atoms with Crippen molar-refractivity contribution in [3.63, 3.8) is 0 Å². The Balaban J connectivity index is 0.00000180. The normalized spacial score (nSPS) is 11.3. The number of benzene rings is 2. The molecule has 0 aromatic heterocycles. The molecule has 0 bridgehead atoms. The maximum absolute atomic E-state index is 11.2. The maximum Gasteiger partial charge on any atom is 1.00 e. The summed E-state index contributed by atoms with van der Waals surface area (Å²) in [5.74, 6) is 0. The van der Waals surface area contributed by atoms with Crippen LogP contribution in [0.1, 0.15) is 25.3 Å². The summed E-state index contributed by atoms with van der Waals surface area (Å²) >= 11 is 0. The molecule has 0 radical (unpaired) electrons. The van der Waals surface area contributed by atoms with E-state index in [9.17, 15) is 13.0 Å². The second-order valence-corrected chi connectivity index (χ2v) is 5.72. The van der Waals surface area contributed by atoms with Gasteiger partial charge < -0.3 is 4.55 Å². The Bertz CT molecular complexity index is 665. The van der Waals surface area contributed by atoms with Crippen LogP contribution in [0.2, 0.25) is 0 Å². The Morgan fingerprint density at radius 2 is 1.89 bits per heavy atom. The molecular formula is C14H15NaO3S. The average Bonchev–Trinajstić information content (AvgIpc) is 2.34. The van der Waals surface area contributed by atoms with Crippen LogP contribution in [0.15, 0.2) is 41.3 Å². The topological polar surface area (TPSA) is 57.2 Å². The largest absolute Gasteiger partial charge is 1.00 e. The number of fused-ring (bicyclic) bond motifs is 1. The molecule has 3 nitrogen and oxygen atoms in total. The summed E-state index contributed by atoms with van der Waals surface area (Å²) in [5.41, 5.74) is 1.07. The Morgan fingerprint density at radius 3 is 2.53 bits per heavy atom. The van der Waals surface area contributed by atoms with Crippen LogP contribution in [0.3, 0.4) is 0 Å². The summed E-state index contributed by atoms with van der Waals surface area (Å²) < 4.78 is 33.6. The standard InChI is InChI=1S/C14H16O3S.Na/c1-2-3-5-11-8-9-12-6-4-7-14(13(12)10-11)18(15,16)17;/h4,6-10H,2-3,5H2,1H3,(H,15,16,17);/q;+1/p-1. The van der Waals surface area contributed by atoms with Crippen molar-refractivity contribution >= 4 is 20.9 Å². The minimum absolute atomic E-state index is 0. The molecular weight excluding hydrogens is 271 g/mol. The third kappa shape index (κ3) is 4.04. The molecule has 0 aliphatic heterocycles. The van der Waals surface area contributed by atoms with Gasteiger partial charge >= 0.3 is 29.6 Å². The smallest absolute Gasteiger partial charge is 0.744 e. The molecule has 5 heteroatoms. The molecule has 96 valence electrons. The van der Waals surface area contributed by atoms with Gasteiger partial charge in [0.25, 0.3) is 0 Å². The predicted octanol–water partition coefficient (Wildman–Crippen LogP) is 0.0905. The zero-order valence-electron chi connectivity index (χ0n) is 11.2. The molecule has 0 fully saturated rings. The van der Waals surface area contributed by atoms with E-state index in [0.29, 0.717) is 5.39 Å². The van der Waals surface area contributed by atoms with Crippen LogP contribution in [0.5, 0.6) is 0 Å². The molecule has 0 atom stereocenters. The number of rotatable bonds is 4. The summed E-state index contributed by atoms with van der Waals surface area (Å²) in [4.78, 5) is -0.127. The number of unbranched alkanes of at least 4 members (excludes halogenated alkanes) is 1. The molecule has 0 amide bonds. The number of hydrogen-bond donors (Lipinski definition) is 0. The van der Waals surface area contributed by atoms with Gasteiger partial charge in [-0.25, -0.2) is 8.42 Å². The summed E-state index contributed by atoms with van der Waals surface area (Å²) in [6, 6.07) is 10.4. The molecule has 0 aliphatic rings. The van der Waals surface area contributed by atoms with Crippen LogP contribution >= 0.6 is 0 Å². The van der Waals surface area contributed by atoms with Gasteiger partial charge in [0.2, 0.25) is 0 Å². The Morgan fingerprint density at radius 1 is 1.16 bits per heavy atom. The fourth-order valence-corrected chi connectivity index (χ4v) is 2.74. The fourth-order valence-electron chi connectivity index (χ4n) is 2.05. The Kier molecular flexibility index (Phi) is 6.02. The molecule has 2 aromatic rings.